The van der Waals surface area contributed by atoms with Crippen molar-refractivity contribution in [1.82, 2.24) is 15.2 Å². The summed E-state index contributed by atoms with van der Waals surface area (Å²) in [5.74, 6) is -1.42. The van der Waals surface area contributed by atoms with E-state index in [-0.39, 0.29) is 36.1 Å². The molecular formula is C17H19N3O3. The van der Waals surface area contributed by atoms with Gasteiger partial charge in [0.25, 0.3) is 0 Å². The average Bonchev–Trinajstić information content (AvgIpc) is 2.84. The Balaban J connectivity index is 1.65. The Hall–Kier alpha value is -2.50. The largest absolute Gasteiger partial charge is 0.349 e. The fourth-order valence-electron chi connectivity index (χ4n) is 3.15. The van der Waals surface area contributed by atoms with Crippen LogP contribution in [0, 0.1) is 11.8 Å². The molecule has 3 atom stereocenters. The number of nitrogens with one attached hydrogen (secondary N) is 1. The van der Waals surface area contributed by atoms with E-state index >= 15 is 0 Å². The van der Waals surface area contributed by atoms with E-state index in [2.05, 4.69) is 10.3 Å². The van der Waals surface area contributed by atoms with Crippen LogP contribution in [0.5, 0.6) is 0 Å². The number of carbonyl (C=O) groups is 3. The zero-order valence-corrected chi connectivity index (χ0v) is 12.9. The minimum Gasteiger partial charge on any atom is -0.349 e. The van der Waals surface area contributed by atoms with Crippen LogP contribution in [0.15, 0.2) is 36.5 Å². The van der Waals surface area contributed by atoms with Gasteiger partial charge in [0.05, 0.1) is 24.1 Å². The van der Waals surface area contributed by atoms with Crippen LogP contribution in [0.1, 0.15) is 25.5 Å². The molecule has 1 saturated heterocycles. The van der Waals surface area contributed by atoms with Gasteiger partial charge in [-0.25, -0.2) is 0 Å². The van der Waals surface area contributed by atoms with Crippen LogP contribution in [0.2, 0.25) is 0 Å². The van der Waals surface area contributed by atoms with E-state index in [1.54, 1.807) is 25.3 Å². The van der Waals surface area contributed by atoms with Crippen LogP contribution >= 0.6 is 0 Å². The zero-order valence-electron chi connectivity index (χ0n) is 12.9. The highest BCUT2D eigenvalue weighted by atomic mass is 16.2. The highest BCUT2D eigenvalue weighted by Gasteiger charge is 2.49. The van der Waals surface area contributed by atoms with Crippen LogP contribution in [-0.2, 0) is 20.9 Å². The number of fused-ring (bicyclic) bond motifs is 1. The lowest BCUT2D eigenvalue weighted by Crippen LogP contribution is -2.48. The van der Waals surface area contributed by atoms with E-state index in [0.29, 0.717) is 12.8 Å². The summed E-state index contributed by atoms with van der Waals surface area (Å²) in [6.45, 7) is 1.86. The number of allylic oxidation sites excluding steroid dienone is 2. The number of aromatic nitrogens is 1. The van der Waals surface area contributed by atoms with Gasteiger partial charge in [0.1, 0.15) is 6.04 Å². The molecule has 3 rings (SSSR count). The van der Waals surface area contributed by atoms with Gasteiger partial charge in [-0.1, -0.05) is 18.2 Å². The van der Waals surface area contributed by atoms with E-state index in [4.69, 9.17) is 0 Å². The molecule has 23 heavy (non-hydrogen) atoms. The summed E-state index contributed by atoms with van der Waals surface area (Å²) < 4.78 is 0. The van der Waals surface area contributed by atoms with Crippen molar-refractivity contribution in [2.75, 3.05) is 0 Å². The number of rotatable bonds is 4. The van der Waals surface area contributed by atoms with Crippen molar-refractivity contribution in [3.8, 4) is 0 Å². The van der Waals surface area contributed by atoms with Gasteiger partial charge in [0, 0.05) is 6.20 Å². The maximum atomic E-state index is 12.4. The van der Waals surface area contributed by atoms with Gasteiger partial charge in [-0.15, -0.1) is 0 Å². The molecule has 6 nitrogen and oxygen atoms in total. The summed E-state index contributed by atoms with van der Waals surface area (Å²) in [4.78, 5) is 42.5. The molecule has 1 aliphatic heterocycles. The number of likely N-dealkylation sites (tertiary alicyclic amines) is 1. The van der Waals surface area contributed by atoms with Crippen molar-refractivity contribution in [3.63, 3.8) is 0 Å². The first-order valence-corrected chi connectivity index (χ1v) is 7.79. The fraction of sp³-hybridized carbons (Fsp3) is 0.412. The van der Waals surface area contributed by atoms with Crippen LogP contribution in [-0.4, -0.2) is 33.6 Å². The molecule has 1 fully saturated rings. The van der Waals surface area contributed by atoms with E-state index in [1.165, 1.54) is 0 Å². The maximum Gasteiger partial charge on any atom is 0.243 e. The van der Waals surface area contributed by atoms with Crippen molar-refractivity contribution >= 4 is 17.7 Å². The quantitative estimate of drug-likeness (QED) is 0.665. The molecule has 0 aromatic carbocycles. The predicted octanol–water partition coefficient (Wildman–Crippen LogP) is 1.04. The molecule has 2 heterocycles. The first kappa shape index (κ1) is 15.4. The summed E-state index contributed by atoms with van der Waals surface area (Å²) in [7, 11) is 0. The molecule has 1 aromatic heterocycles. The summed E-state index contributed by atoms with van der Waals surface area (Å²) >= 11 is 0. The Morgan fingerprint density at radius 1 is 1.26 bits per heavy atom. The Bertz CT molecular complexity index is 630. The second-order valence-electron chi connectivity index (χ2n) is 5.92. The van der Waals surface area contributed by atoms with Crippen molar-refractivity contribution in [2.45, 2.75) is 32.4 Å². The summed E-state index contributed by atoms with van der Waals surface area (Å²) in [5, 5.41) is 2.73. The van der Waals surface area contributed by atoms with Crippen molar-refractivity contribution in [3.05, 3.63) is 42.2 Å². The molecule has 120 valence electrons. The van der Waals surface area contributed by atoms with Crippen molar-refractivity contribution in [1.29, 1.82) is 0 Å². The Kier molecular flexibility index (Phi) is 4.23. The van der Waals surface area contributed by atoms with E-state index < -0.39 is 6.04 Å². The molecule has 1 aliphatic carbocycles. The molecule has 0 radical (unpaired) electrons. The monoisotopic (exact) mass is 313 g/mol. The lowest BCUT2D eigenvalue weighted by Gasteiger charge is -2.22. The number of hydrogen-bond acceptors (Lipinski definition) is 4. The van der Waals surface area contributed by atoms with E-state index in [1.807, 2.05) is 18.2 Å². The number of hydrogen-bond donors (Lipinski definition) is 1. The van der Waals surface area contributed by atoms with Gasteiger partial charge >= 0.3 is 0 Å². The standard InChI is InChI=1S/C17H19N3O3/c1-11(15(21)19-10-12-6-4-5-9-18-12)20-16(22)13-7-2-3-8-14(13)17(20)23/h2-6,9,11,13-14H,7-8,10H2,1H3,(H,19,21)/t11-,13-,14-/m1/s1. The molecule has 1 N–H and O–H groups in total. The summed E-state index contributed by atoms with van der Waals surface area (Å²) in [5.41, 5.74) is 0.727. The highest BCUT2D eigenvalue weighted by Crippen LogP contribution is 2.36. The van der Waals surface area contributed by atoms with E-state index in [9.17, 15) is 14.4 Å². The van der Waals surface area contributed by atoms with Crippen LogP contribution in [0.3, 0.4) is 0 Å². The lowest BCUT2D eigenvalue weighted by molar-refractivity contribution is -0.147. The van der Waals surface area contributed by atoms with Crippen molar-refractivity contribution in [2.24, 2.45) is 11.8 Å². The fourth-order valence-corrected chi connectivity index (χ4v) is 3.15. The number of nitrogens with zero attached hydrogens (tertiary/aromatic N) is 2. The van der Waals surface area contributed by atoms with Crippen LogP contribution < -0.4 is 5.32 Å². The maximum absolute atomic E-state index is 12.4. The predicted molar refractivity (Wildman–Crippen MR) is 82.8 cm³/mol. The third-order valence-corrected chi connectivity index (χ3v) is 4.48. The number of carbonyl (C=O) groups excluding carboxylic acids is 3. The molecule has 0 saturated carbocycles. The molecule has 6 heteroatoms. The highest BCUT2D eigenvalue weighted by molar-refractivity contribution is 6.08. The number of imide groups is 1. The zero-order chi connectivity index (χ0) is 16.4. The first-order chi connectivity index (χ1) is 11.1. The molecular weight excluding hydrogens is 294 g/mol. The Labute approximate surface area is 134 Å². The Morgan fingerprint density at radius 2 is 1.91 bits per heavy atom. The number of pyridine rings is 1. The molecule has 0 spiro atoms. The number of amides is 3. The normalized spacial score (nSPS) is 24.5. The third kappa shape index (κ3) is 2.88. The van der Waals surface area contributed by atoms with E-state index in [0.717, 1.165) is 10.6 Å². The van der Waals surface area contributed by atoms with Gasteiger partial charge in [0.2, 0.25) is 17.7 Å². The minimum absolute atomic E-state index is 0.232. The first-order valence-electron chi connectivity index (χ1n) is 7.79. The Morgan fingerprint density at radius 3 is 2.48 bits per heavy atom. The SMILES string of the molecule is C[C@H](C(=O)NCc1ccccn1)N1C(=O)[C@@H]2CC=CC[C@H]2C1=O. The molecule has 2 aliphatic rings. The molecule has 1 aromatic rings. The average molecular weight is 313 g/mol. The third-order valence-electron chi connectivity index (χ3n) is 4.48. The minimum atomic E-state index is -0.802. The second kappa shape index (κ2) is 6.32. The smallest absolute Gasteiger partial charge is 0.243 e. The summed E-state index contributed by atoms with van der Waals surface area (Å²) in [6, 6.07) is 4.63. The van der Waals surface area contributed by atoms with Gasteiger partial charge in [0.15, 0.2) is 0 Å². The van der Waals surface area contributed by atoms with Gasteiger partial charge in [-0.05, 0) is 31.9 Å². The van der Waals surface area contributed by atoms with Gasteiger partial charge in [-0.3, -0.25) is 24.3 Å². The molecule has 0 unspecified atom stereocenters. The molecule has 0 bridgehead atoms. The topological polar surface area (TPSA) is 79.4 Å². The van der Waals surface area contributed by atoms with Crippen LogP contribution in [0.25, 0.3) is 0 Å². The summed E-state index contributed by atoms with van der Waals surface area (Å²) in [6.07, 6.45) is 6.67. The lowest BCUT2D eigenvalue weighted by atomic mass is 9.85. The van der Waals surface area contributed by atoms with Crippen molar-refractivity contribution < 1.29 is 14.4 Å². The van der Waals surface area contributed by atoms with Crippen LogP contribution in [0.4, 0.5) is 0 Å². The second-order valence-corrected chi connectivity index (χ2v) is 5.92. The molecule has 3 amide bonds. The van der Waals surface area contributed by atoms with Gasteiger partial charge < -0.3 is 5.32 Å². The van der Waals surface area contributed by atoms with Gasteiger partial charge in [-0.2, -0.15) is 0 Å².